The van der Waals surface area contributed by atoms with Crippen molar-refractivity contribution in [1.82, 2.24) is 24.7 Å². The van der Waals surface area contributed by atoms with Crippen molar-refractivity contribution in [2.75, 3.05) is 5.73 Å². The first-order valence-corrected chi connectivity index (χ1v) is 5.77. The lowest BCUT2D eigenvalue weighted by Gasteiger charge is -2.07. The fourth-order valence-electron chi connectivity index (χ4n) is 1.56. The van der Waals surface area contributed by atoms with Crippen LogP contribution in [-0.2, 0) is 0 Å². The molecule has 0 amide bonds. The second-order valence-electron chi connectivity index (χ2n) is 3.88. The molecule has 0 unspecified atom stereocenters. The molecule has 3 rings (SSSR count). The third-order valence-corrected chi connectivity index (χ3v) is 2.45. The van der Waals surface area contributed by atoms with Crippen LogP contribution in [0.15, 0.2) is 36.7 Å². The third-order valence-electron chi connectivity index (χ3n) is 2.45. The van der Waals surface area contributed by atoms with Crippen molar-refractivity contribution in [3.05, 3.63) is 48.3 Å². The molecule has 0 radical (unpaired) electrons. The Bertz CT molecular complexity index is 777. The zero-order chi connectivity index (χ0) is 14.8. The summed E-state index contributed by atoms with van der Waals surface area (Å²) in [7, 11) is 0. The molecule has 106 valence electrons. The Balaban J connectivity index is 1.98. The number of rotatable bonds is 3. The van der Waals surface area contributed by atoms with Gasteiger partial charge in [-0.15, -0.1) is 0 Å². The van der Waals surface area contributed by atoms with Crippen LogP contribution in [0.2, 0.25) is 0 Å². The Hall–Kier alpha value is -3.10. The van der Waals surface area contributed by atoms with Gasteiger partial charge in [0.1, 0.15) is 0 Å². The van der Waals surface area contributed by atoms with Crippen LogP contribution in [0.5, 0.6) is 11.8 Å². The highest BCUT2D eigenvalue weighted by Gasteiger charge is 2.13. The van der Waals surface area contributed by atoms with E-state index < -0.39 is 11.6 Å². The summed E-state index contributed by atoms with van der Waals surface area (Å²) in [5.41, 5.74) is 5.54. The van der Waals surface area contributed by atoms with E-state index in [-0.39, 0.29) is 23.7 Å². The van der Waals surface area contributed by atoms with Gasteiger partial charge in [0.15, 0.2) is 11.6 Å². The number of aromatic nitrogens is 5. The van der Waals surface area contributed by atoms with Gasteiger partial charge in [-0.1, -0.05) is 6.07 Å². The maximum atomic E-state index is 13.5. The van der Waals surface area contributed by atoms with Crippen LogP contribution in [0.25, 0.3) is 5.95 Å². The van der Waals surface area contributed by atoms with Gasteiger partial charge in [-0.25, -0.2) is 9.07 Å². The van der Waals surface area contributed by atoms with Gasteiger partial charge in [0.25, 0.3) is 5.95 Å². The topological polar surface area (TPSA) is 91.7 Å². The van der Waals surface area contributed by atoms with Crippen molar-refractivity contribution in [3.63, 3.8) is 0 Å². The summed E-state index contributed by atoms with van der Waals surface area (Å²) in [5, 5.41) is 3.93. The van der Waals surface area contributed by atoms with Gasteiger partial charge in [-0.3, -0.25) is 0 Å². The molecule has 2 heterocycles. The predicted molar refractivity (Wildman–Crippen MR) is 67.8 cm³/mol. The lowest BCUT2D eigenvalue weighted by Crippen LogP contribution is -2.08. The minimum atomic E-state index is -1.14. The molecule has 2 N–H and O–H groups in total. The third kappa shape index (κ3) is 2.61. The van der Waals surface area contributed by atoms with Crippen molar-refractivity contribution in [3.8, 4) is 17.7 Å². The van der Waals surface area contributed by atoms with Crippen molar-refractivity contribution in [2.45, 2.75) is 0 Å². The first kappa shape index (κ1) is 12.9. The summed E-state index contributed by atoms with van der Waals surface area (Å²) in [6.07, 6.45) is 3.11. The number of nitrogen functional groups attached to an aromatic ring is 1. The van der Waals surface area contributed by atoms with Crippen molar-refractivity contribution < 1.29 is 13.5 Å². The smallest absolute Gasteiger partial charge is 0.328 e. The molecular formula is C12H8F2N6O. The highest BCUT2D eigenvalue weighted by molar-refractivity contribution is 5.30. The quantitative estimate of drug-likeness (QED) is 0.789. The number of anilines is 1. The Kier molecular flexibility index (Phi) is 3.14. The maximum Gasteiger partial charge on any atom is 0.328 e. The van der Waals surface area contributed by atoms with Crippen LogP contribution >= 0.6 is 0 Å². The first-order chi connectivity index (χ1) is 10.1. The molecule has 0 atom stereocenters. The van der Waals surface area contributed by atoms with Crippen LogP contribution in [-0.4, -0.2) is 24.7 Å². The van der Waals surface area contributed by atoms with E-state index in [1.165, 1.54) is 23.0 Å². The SMILES string of the molecule is Nc1nc(Oc2cccc(F)c2F)nc(-n2cccn2)n1. The summed E-state index contributed by atoms with van der Waals surface area (Å²) in [6.45, 7) is 0. The zero-order valence-electron chi connectivity index (χ0n) is 10.4. The van der Waals surface area contributed by atoms with Crippen LogP contribution in [0, 0.1) is 11.6 Å². The predicted octanol–water partition coefficient (Wildman–Crippen LogP) is 1.71. The molecule has 7 nitrogen and oxygen atoms in total. The van der Waals surface area contributed by atoms with E-state index in [0.29, 0.717) is 0 Å². The molecule has 0 aliphatic rings. The Morgan fingerprint density at radius 1 is 1.10 bits per heavy atom. The van der Waals surface area contributed by atoms with E-state index in [4.69, 9.17) is 10.5 Å². The number of nitrogens with two attached hydrogens (primary N) is 1. The molecule has 1 aromatic carbocycles. The average Bonchev–Trinajstić information content (AvgIpc) is 2.97. The van der Waals surface area contributed by atoms with E-state index in [1.807, 2.05) is 0 Å². The summed E-state index contributed by atoms with van der Waals surface area (Å²) in [5.74, 6) is -2.58. The van der Waals surface area contributed by atoms with E-state index >= 15 is 0 Å². The summed E-state index contributed by atoms with van der Waals surface area (Å²) < 4.78 is 33.1. The average molecular weight is 290 g/mol. The van der Waals surface area contributed by atoms with Gasteiger partial charge >= 0.3 is 6.01 Å². The summed E-state index contributed by atoms with van der Waals surface area (Å²) in [6, 6.07) is 4.90. The minimum absolute atomic E-state index is 0.0966. The maximum absolute atomic E-state index is 13.5. The Labute approximate surface area is 117 Å². The largest absolute Gasteiger partial charge is 0.421 e. The van der Waals surface area contributed by atoms with Gasteiger partial charge in [0.2, 0.25) is 11.8 Å². The van der Waals surface area contributed by atoms with Crippen molar-refractivity contribution >= 4 is 5.95 Å². The molecule has 0 aliphatic heterocycles. The standard InChI is InChI=1S/C12H8F2N6O/c13-7-3-1-4-8(9(7)14)21-12-18-10(15)17-11(19-12)20-6-2-5-16-20/h1-6H,(H2,15,17,18,19). The second kappa shape index (κ2) is 5.12. The fraction of sp³-hybridized carbons (Fsp3) is 0. The van der Waals surface area contributed by atoms with Gasteiger partial charge in [-0.05, 0) is 18.2 Å². The van der Waals surface area contributed by atoms with Crippen LogP contribution in [0.4, 0.5) is 14.7 Å². The molecular weight excluding hydrogens is 282 g/mol. The number of hydrogen-bond donors (Lipinski definition) is 1. The lowest BCUT2D eigenvalue weighted by atomic mass is 10.3. The van der Waals surface area contributed by atoms with Gasteiger partial charge in [0, 0.05) is 12.4 Å². The van der Waals surface area contributed by atoms with Crippen LogP contribution < -0.4 is 10.5 Å². The number of benzene rings is 1. The Morgan fingerprint density at radius 2 is 1.95 bits per heavy atom. The second-order valence-corrected chi connectivity index (χ2v) is 3.88. The first-order valence-electron chi connectivity index (χ1n) is 5.77. The van der Waals surface area contributed by atoms with Gasteiger partial charge in [-0.2, -0.15) is 24.4 Å². The molecule has 2 aromatic heterocycles. The Morgan fingerprint density at radius 3 is 2.71 bits per heavy atom. The van der Waals surface area contributed by atoms with Crippen molar-refractivity contribution in [1.29, 1.82) is 0 Å². The van der Waals surface area contributed by atoms with E-state index in [0.717, 1.165) is 6.07 Å². The van der Waals surface area contributed by atoms with Crippen LogP contribution in [0.3, 0.4) is 0 Å². The molecule has 9 heteroatoms. The summed E-state index contributed by atoms with van der Waals surface area (Å²) >= 11 is 0. The molecule has 21 heavy (non-hydrogen) atoms. The molecule has 0 bridgehead atoms. The van der Waals surface area contributed by atoms with Crippen molar-refractivity contribution in [2.24, 2.45) is 0 Å². The number of hydrogen-bond acceptors (Lipinski definition) is 6. The lowest BCUT2D eigenvalue weighted by molar-refractivity contribution is 0.391. The molecule has 3 aromatic rings. The molecule has 0 fully saturated rings. The highest BCUT2D eigenvalue weighted by atomic mass is 19.2. The number of nitrogens with zero attached hydrogens (tertiary/aromatic N) is 5. The highest BCUT2D eigenvalue weighted by Crippen LogP contribution is 2.24. The minimum Gasteiger partial charge on any atom is -0.421 e. The summed E-state index contributed by atoms with van der Waals surface area (Å²) in [4.78, 5) is 11.5. The number of ether oxygens (including phenoxy) is 1. The fourth-order valence-corrected chi connectivity index (χ4v) is 1.56. The zero-order valence-corrected chi connectivity index (χ0v) is 10.4. The monoisotopic (exact) mass is 290 g/mol. The molecule has 0 spiro atoms. The molecule has 0 saturated carbocycles. The van der Waals surface area contributed by atoms with E-state index in [2.05, 4.69) is 20.1 Å². The van der Waals surface area contributed by atoms with E-state index in [9.17, 15) is 8.78 Å². The molecule has 0 saturated heterocycles. The van der Waals surface area contributed by atoms with Gasteiger partial charge < -0.3 is 10.5 Å². The molecule has 0 aliphatic carbocycles. The van der Waals surface area contributed by atoms with E-state index in [1.54, 1.807) is 12.3 Å². The van der Waals surface area contributed by atoms with Gasteiger partial charge in [0.05, 0.1) is 0 Å². The normalized spacial score (nSPS) is 10.6. The van der Waals surface area contributed by atoms with Crippen LogP contribution in [0.1, 0.15) is 0 Å². The number of halogens is 2.